The van der Waals surface area contributed by atoms with E-state index < -0.39 is 41.0 Å². The van der Waals surface area contributed by atoms with Crippen LogP contribution < -0.4 is 11.1 Å². The van der Waals surface area contributed by atoms with Gasteiger partial charge in [-0.1, -0.05) is 37.0 Å². The molecule has 0 aliphatic heterocycles. The van der Waals surface area contributed by atoms with Gasteiger partial charge in [-0.3, -0.25) is 19.7 Å². The Morgan fingerprint density at radius 2 is 1.84 bits per heavy atom. The van der Waals surface area contributed by atoms with Gasteiger partial charge >= 0.3 is 5.97 Å². The van der Waals surface area contributed by atoms with E-state index in [-0.39, 0.29) is 27.6 Å². The first kappa shape index (κ1) is 24.1. The predicted molar refractivity (Wildman–Crippen MR) is 114 cm³/mol. The molecule has 0 spiro atoms. The molecule has 164 valence electrons. The van der Waals surface area contributed by atoms with Gasteiger partial charge < -0.3 is 15.8 Å². The van der Waals surface area contributed by atoms with Crippen molar-refractivity contribution in [3.8, 4) is 0 Å². The Labute approximate surface area is 187 Å². The lowest BCUT2D eigenvalue weighted by Gasteiger charge is -2.21. The largest absolute Gasteiger partial charge is 0.459 e. The van der Waals surface area contributed by atoms with Gasteiger partial charge in [-0.25, -0.2) is 4.79 Å². The van der Waals surface area contributed by atoms with E-state index in [1.807, 2.05) is 0 Å². The molecule has 0 saturated heterocycles. The number of amides is 2. The van der Waals surface area contributed by atoms with Crippen molar-refractivity contribution in [1.82, 2.24) is 5.32 Å². The van der Waals surface area contributed by atoms with E-state index in [4.69, 9.17) is 33.7 Å². The Hall–Kier alpha value is -3.17. The second-order valence-corrected chi connectivity index (χ2v) is 7.74. The zero-order chi connectivity index (χ0) is 23.3. The normalized spacial score (nSPS) is 11.6. The summed E-state index contributed by atoms with van der Waals surface area (Å²) in [4.78, 5) is 46.9. The van der Waals surface area contributed by atoms with Gasteiger partial charge in [-0.15, -0.1) is 0 Å². The molecule has 0 heterocycles. The SMILES string of the molecule is CC(C)[C@H](NC(=O)c1ccc(Cl)cc1Cl)C(=O)OCc1ccc(C(N)=O)cc1[N+](=O)[O-]. The number of hydrogen-bond donors (Lipinski definition) is 2. The number of nitro benzene ring substituents is 1. The highest BCUT2D eigenvalue weighted by Crippen LogP contribution is 2.23. The maximum atomic E-state index is 12.6. The summed E-state index contributed by atoms with van der Waals surface area (Å²) in [5.41, 5.74) is 4.87. The summed E-state index contributed by atoms with van der Waals surface area (Å²) in [5, 5.41) is 14.3. The molecule has 3 N–H and O–H groups in total. The summed E-state index contributed by atoms with van der Waals surface area (Å²) < 4.78 is 5.20. The number of rotatable bonds is 8. The van der Waals surface area contributed by atoms with Crippen molar-refractivity contribution >= 4 is 46.7 Å². The first-order valence-corrected chi connectivity index (χ1v) is 9.76. The fraction of sp³-hybridized carbons (Fsp3) is 0.250. The van der Waals surface area contributed by atoms with Crippen molar-refractivity contribution < 1.29 is 24.0 Å². The molecule has 0 unspecified atom stereocenters. The average molecular weight is 468 g/mol. The van der Waals surface area contributed by atoms with Crippen molar-refractivity contribution in [1.29, 1.82) is 0 Å². The molecular formula is C20H19Cl2N3O6. The number of nitrogens with zero attached hydrogens (tertiary/aromatic N) is 1. The Bertz CT molecular complexity index is 1040. The molecule has 2 aromatic rings. The van der Waals surface area contributed by atoms with E-state index in [1.165, 1.54) is 30.3 Å². The van der Waals surface area contributed by atoms with Crippen LogP contribution in [-0.2, 0) is 16.1 Å². The quantitative estimate of drug-likeness (QED) is 0.345. The van der Waals surface area contributed by atoms with E-state index >= 15 is 0 Å². The number of halogens is 2. The monoisotopic (exact) mass is 467 g/mol. The molecule has 1 atom stereocenters. The standard InChI is InChI=1S/C20H19Cl2N3O6/c1-10(2)17(24-19(27)14-6-5-13(21)8-15(14)22)20(28)31-9-12-4-3-11(18(23)26)7-16(12)25(29)30/h3-8,10,17H,9H2,1-2H3,(H2,23,26)(H,24,27)/t17-/m0/s1. The van der Waals surface area contributed by atoms with Gasteiger partial charge in [0.25, 0.3) is 11.6 Å². The smallest absolute Gasteiger partial charge is 0.329 e. The fourth-order valence-corrected chi connectivity index (χ4v) is 3.13. The van der Waals surface area contributed by atoms with Gasteiger partial charge in [0, 0.05) is 16.7 Å². The number of esters is 1. The maximum absolute atomic E-state index is 12.6. The predicted octanol–water partition coefficient (Wildman–Crippen LogP) is 3.50. The first-order chi connectivity index (χ1) is 14.5. The van der Waals surface area contributed by atoms with E-state index in [0.29, 0.717) is 5.02 Å². The minimum absolute atomic E-state index is 0.0473. The molecule has 11 heteroatoms. The lowest BCUT2D eigenvalue weighted by atomic mass is 10.0. The minimum Gasteiger partial charge on any atom is -0.459 e. The Kier molecular flexibility index (Phi) is 7.95. The fourth-order valence-electron chi connectivity index (χ4n) is 2.64. The van der Waals surface area contributed by atoms with Crippen molar-refractivity contribution in [2.45, 2.75) is 26.5 Å². The van der Waals surface area contributed by atoms with E-state index in [0.717, 1.165) is 6.07 Å². The molecule has 0 saturated carbocycles. The highest BCUT2D eigenvalue weighted by Gasteiger charge is 2.28. The van der Waals surface area contributed by atoms with Gasteiger partial charge in [-0.05, 0) is 36.2 Å². The molecule has 0 aromatic heterocycles. The Morgan fingerprint density at radius 1 is 1.16 bits per heavy atom. The lowest BCUT2D eigenvalue weighted by Crippen LogP contribution is -2.45. The molecule has 0 aliphatic rings. The Morgan fingerprint density at radius 3 is 2.39 bits per heavy atom. The molecule has 0 fully saturated rings. The lowest BCUT2D eigenvalue weighted by molar-refractivity contribution is -0.385. The topological polar surface area (TPSA) is 142 Å². The van der Waals surface area contributed by atoms with Crippen LogP contribution in [0.3, 0.4) is 0 Å². The number of carbonyl (C=O) groups is 3. The highest BCUT2D eigenvalue weighted by atomic mass is 35.5. The van der Waals surface area contributed by atoms with Crippen LogP contribution in [0.4, 0.5) is 5.69 Å². The van der Waals surface area contributed by atoms with Gasteiger partial charge in [0.05, 0.1) is 21.1 Å². The van der Waals surface area contributed by atoms with Crippen LogP contribution in [0.15, 0.2) is 36.4 Å². The van der Waals surface area contributed by atoms with Crippen LogP contribution in [0.2, 0.25) is 10.0 Å². The van der Waals surface area contributed by atoms with E-state index in [1.54, 1.807) is 13.8 Å². The van der Waals surface area contributed by atoms with Crippen LogP contribution in [0.1, 0.15) is 40.1 Å². The summed E-state index contributed by atoms with van der Waals surface area (Å²) in [6.07, 6.45) is 0. The van der Waals surface area contributed by atoms with E-state index in [2.05, 4.69) is 5.32 Å². The number of ether oxygens (including phenoxy) is 1. The molecule has 2 rings (SSSR count). The van der Waals surface area contributed by atoms with Crippen molar-refractivity contribution in [3.63, 3.8) is 0 Å². The minimum atomic E-state index is -1.04. The third kappa shape index (κ3) is 6.16. The number of hydrogen-bond acceptors (Lipinski definition) is 6. The molecular weight excluding hydrogens is 449 g/mol. The summed E-state index contributed by atoms with van der Waals surface area (Å²) in [7, 11) is 0. The van der Waals surface area contributed by atoms with Crippen molar-refractivity contribution in [2.75, 3.05) is 0 Å². The van der Waals surface area contributed by atoms with Gasteiger partial charge in [0.1, 0.15) is 12.6 Å². The summed E-state index contributed by atoms with van der Waals surface area (Å²) in [5.74, 6) is -2.57. The van der Waals surface area contributed by atoms with Crippen LogP contribution in [0.25, 0.3) is 0 Å². The number of carbonyl (C=O) groups excluding carboxylic acids is 3. The molecule has 2 aromatic carbocycles. The van der Waals surface area contributed by atoms with Crippen LogP contribution in [-0.4, -0.2) is 28.7 Å². The third-order valence-corrected chi connectivity index (χ3v) is 4.87. The molecule has 31 heavy (non-hydrogen) atoms. The van der Waals surface area contributed by atoms with Crippen molar-refractivity contribution in [3.05, 3.63) is 73.2 Å². The zero-order valence-electron chi connectivity index (χ0n) is 16.6. The van der Waals surface area contributed by atoms with Gasteiger partial charge in [0.15, 0.2) is 0 Å². The average Bonchev–Trinajstić information content (AvgIpc) is 2.69. The summed E-state index contributed by atoms with van der Waals surface area (Å²) in [6.45, 7) is 2.95. The maximum Gasteiger partial charge on any atom is 0.329 e. The number of nitrogens with one attached hydrogen (secondary N) is 1. The molecule has 0 bridgehead atoms. The second-order valence-electron chi connectivity index (χ2n) is 6.89. The van der Waals surface area contributed by atoms with Gasteiger partial charge in [0.2, 0.25) is 5.91 Å². The zero-order valence-corrected chi connectivity index (χ0v) is 18.1. The van der Waals surface area contributed by atoms with E-state index in [9.17, 15) is 24.5 Å². The second kappa shape index (κ2) is 10.2. The molecule has 0 radical (unpaired) electrons. The van der Waals surface area contributed by atoms with Gasteiger partial charge in [-0.2, -0.15) is 0 Å². The number of nitrogens with two attached hydrogens (primary N) is 1. The van der Waals surface area contributed by atoms with Crippen LogP contribution >= 0.6 is 23.2 Å². The summed E-state index contributed by atoms with van der Waals surface area (Å²) >= 11 is 11.9. The molecule has 9 nitrogen and oxygen atoms in total. The summed E-state index contributed by atoms with van der Waals surface area (Å²) in [6, 6.07) is 6.85. The molecule has 2 amide bonds. The van der Waals surface area contributed by atoms with Crippen LogP contribution in [0, 0.1) is 16.0 Å². The van der Waals surface area contributed by atoms with Crippen molar-refractivity contribution in [2.24, 2.45) is 11.7 Å². The Balaban J connectivity index is 2.15. The molecule has 0 aliphatic carbocycles. The number of nitro groups is 1. The number of primary amides is 1. The number of benzene rings is 2. The first-order valence-electron chi connectivity index (χ1n) is 9.01. The van der Waals surface area contributed by atoms with Crippen LogP contribution in [0.5, 0.6) is 0 Å². The highest BCUT2D eigenvalue weighted by molar-refractivity contribution is 6.36. The third-order valence-electron chi connectivity index (χ3n) is 4.32.